The van der Waals surface area contributed by atoms with E-state index >= 15 is 0 Å². The Morgan fingerprint density at radius 3 is 2.64 bits per heavy atom. The normalized spacial score (nSPS) is 26.2. The van der Waals surface area contributed by atoms with Crippen LogP contribution in [0.5, 0.6) is 0 Å². The lowest BCUT2D eigenvalue weighted by molar-refractivity contribution is -0.00789. The molecule has 1 aromatic heterocycles. The molecule has 2 heterocycles. The zero-order chi connectivity index (χ0) is 19.4. The molecule has 28 heavy (non-hydrogen) atoms. The van der Waals surface area contributed by atoms with Crippen molar-refractivity contribution in [1.82, 2.24) is 10.1 Å². The number of piperidine rings is 1. The second kappa shape index (κ2) is 6.62. The molecule has 3 atom stereocenters. The van der Waals surface area contributed by atoms with E-state index in [1.807, 2.05) is 0 Å². The maximum atomic E-state index is 11.3. The third-order valence-corrected chi connectivity index (χ3v) is 6.65. The van der Waals surface area contributed by atoms with Crippen LogP contribution < -0.4 is 0 Å². The number of benzene rings is 1. The highest BCUT2D eigenvalue weighted by molar-refractivity contribution is 5.70. The van der Waals surface area contributed by atoms with Crippen molar-refractivity contribution in [2.45, 2.75) is 64.2 Å². The first-order valence-corrected chi connectivity index (χ1v) is 10.2. The molecule has 0 spiro atoms. The lowest BCUT2D eigenvalue weighted by Gasteiger charge is -2.29. The summed E-state index contributed by atoms with van der Waals surface area (Å²) in [5.74, 6) is 1.74. The summed E-state index contributed by atoms with van der Waals surface area (Å²) in [6.07, 6.45) is 3.32. The molecular formula is C22H26N2O4. The SMILES string of the molecule is Cc1cccc(C)c1-c1noc(C2CC2)c1CO[C@@H]1C[C@@H]2C[C@H]1CN2C(=O)O. The van der Waals surface area contributed by atoms with Gasteiger partial charge < -0.3 is 19.3 Å². The molecule has 1 saturated heterocycles. The second-order valence-electron chi connectivity index (χ2n) is 8.58. The molecule has 1 aliphatic heterocycles. The number of carbonyl (C=O) groups is 1. The number of hydrogen-bond acceptors (Lipinski definition) is 4. The third-order valence-electron chi connectivity index (χ3n) is 6.65. The first-order valence-electron chi connectivity index (χ1n) is 10.2. The average molecular weight is 382 g/mol. The summed E-state index contributed by atoms with van der Waals surface area (Å²) in [6, 6.07) is 6.38. The third kappa shape index (κ3) is 2.91. The van der Waals surface area contributed by atoms with E-state index in [0.29, 0.717) is 25.0 Å². The van der Waals surface area contributed by atoms with Crippen molar-refractivity contribution in [3.8, 4) is 11.3 Å². The highest BCUT2D eigenvalue weighted by Crippen LogP contribution is 2.46. The van der Waals surface area contributed by atoms with Gasteiger partial charge in [0, 0.05) is 35.5 Å². The van der Waals surface area contributed by atoms with Gasteiger partial charge in [-0.05, 0) is 50.7 Å². The van der Waals surface area contributed by atoms with Crippen LogP contribution in [0.3, 0.4) is 0 Å². The van der Waals surface area contributed by atoms with Crippen molar-refractivity contribution < 1.29 is 19.2 Å². The molecule has 1 N–H and O–H groups in total. The molecule has 3 aliphatic rings. The summed E-state index contributed by atoms with van der Waals surface area (Å²) in [4.78, 5) is 12.9. The minimum atomic E-state index is -0.807. The predicted molar refractivity (Wildman–Crippen MR) is 103 cm³/mol. The standard InChI is InChI=1S/C22H26N2O4/c1-12-4-3-5-13(2)19(12)20-17(21(28-23-20)14-6-7-14)11-27-18-9-16-8-15(18)10-24(16)22(25)26/h3-5,14-16,18H,6-11H2,1-2H3,(H,25,26)/t15-,16-,18+/m0/s1. The Hall–Kier alpha value is -2.34. The van der Waals surface area contributed by atoms with Crippen LogP contribution >= 0.6 is 0 Å². The number of hydrogen-bond donors (Lipinski definition) is 1. The summed E-state index contributed by atoms with van der Waals surface area (Å²) in [5, 5.41) is 13.7. The van der Waals surface area contributed by atoms with Crippen molar-refractivity contribution in [3.63, 3.8) is 0 Å². The molecule has 2 aliphatic carbocycles. The van der Waals surface area contributed by atoms with Gasteiger partial charge in [0.05, 0.1) is 12.7 Å². The van der Waals surface area contributed by atoms with Crippen LogP contribution in [0.1, 0.15) is 54.1 Å². The number of nitrogens with zero attached hydrogens (tertiary/aromatic N) is 2. The predicted octanol–water partition coefficient (Wildman–Crippen LogP) is 4.49. The van der Waals surface area contributed by atoms with Crippen LogP contribution in [0.25, 0.3) is 11.3 Å². The Bertz CT molecular complexity index is 897. The molecule has 2 saturated carbocycles. The smallest absolute Gasteiger partial charge is 0.407 e. The Labute approximate surface area is 164 Å². The number of rotatable bonds is 5. The van der Waals surface area contributed by atoms with Gasteiger partial charge in [-0.2, -0.15) is 0 Å². The van der Waals surface area contributed by atoms with E-state index in [1.165, 1.54) is 11.1 Å². The lowest BCUT2D eigenvalue weighted by Crippen LogP contribution is -2.41. The van der Waals surface area contributed by atoms with E-state index in [1.54, 1.807) is 4.90 Å². The number of aromatic nitrogens is 1. The van der Waals surface area contributed by atoms with Gasteiger partial charge in [-0.15, -0.1) is 0 Å². The second-order valence-corrected chi connectivity index (χ2v) is 8.58. The number of fused-ring (bicyclic) bond motifs is 2. The first-order chi connectivity index (χ1) is 13.5. The van der Waals surface area contributed by atoms with Gasteiger partial charge in [0.1, 0.15) is 11.5 Å². The molecular weight excluding hydrogens is 356 g/mol. The largest absolute Gasteiger partial charge is 0.465 e. The van der Waals surface area contributed by atoms with Crippen molar-refractivity contribution >= 4 is 6.09 Å². The number of amides is 1. The molecule has 0 unspecified atom stereocenters. The molecule has 148 valence electrons. The summed E-state index contributed by atoms with van der Waals surface area (Å²) >= 11 is 0. The van der Waals surface area contributed by atoms with Gasteiger partial charge in [0.2, 0.25) is 0 Å². The van der Waals surface area contributed by atoms with E-state index in [-0.39, 0.29) is 12.1 Å². The van der Waals surface area contributed by atoms with Gasteiger partial charge in [0.25, 0.3) is 0 Å². The summed E-state index contributed by atoms with van der Waals surface area (Å²) < 4.78 is 12.1. The Kier molecular flexibility index (Phi) is 4.19. The minimum absolute atomic E-state index is 0.107. The van der Waals surface area contributed by atoms with E-state index in [2.05, 4.69) is 37.2 Å². The quantitative estimate of drug-likeness (QED) is 0.824. The lowest BCUT2D eigenvalue weighted by atomic mass is 9.96. The maximum Gasteiger partial charge on any atom is 0.407 e. The fourth-order valence-electron chi connectivity index (χ4n) is 5.05. The Morgan fingerprint density at radius 2 is 2.04 bits per heavy atom. The molecule has 2 bridgehead atoms. The molecule has 6 nitrogen and oxygen atoms in total. The fraction of sp³-hybridized carbons (Fsp3) is 0.545. The Balaban J connectivity index is 1.38. The molecule has 1 amide bonds. The average Bonchev–Trinajstić information content (AvgIpc) is 3.11. The van der Waals surface area contributed by atoms with Gasteiger partial charge in [0.15, 0.2) is 0 Å². The van der Waals surface area contributed by atoms with E-state index in [4.69, 9.17) is 9.26 Å². The zero-order valence-corrected chi connectivity index (χ0v) is 16.4. The molecule has 6 heteroatoms. The molecule has 1 aromatic carbocycles. The highest BCUT2D eigenvalue weighted by atomic mass is 16.5. The van der Waals surface area contributed by atoms with Crippen LogP contribution in [-0.4, -0.2) is 39.9 Å². The first kappa shape index (κ1) is 17.7. The summed E-state index contributed by atoms with van der Waals surface area (Å²) in [7, 11) is 0. The van der Waals surface area contributed by atoms with Crippen molar-refractivity contribution in [2.75, 3.05) is 6.54 Å². The van der Waals surface area contributed by atoms with Crippen LogP contribution in [-0.2, 0) is 11.3 Å². The molecule has 0 radical (unpaired) electrons. The monoisotopic (exact) mass is 382 g/mol. The zero-order valence-electron chi connectivity index (χ0n) is 16.4. The van der Waals surface area contributed by atoms with E-state index in [0.717, 1.165) is 48.3 Å². The maximum absolute atomic E-state index is 11.3. The van der Waals surface area contributed by atoms with Crippen molar-refractivity contribution in [2.24, 2.45) is 5.92 Å². The van der Waals surface area contributed by atoms with Crippen LogP contribution in [0.4, 0.5) is 4.79 Å². The van der Waals surface area contributed by atoms with E-state index < -0.39 is 6.09 Å². The van der Waals surface area contributed by atoms with Gasteiger partial charge in [-0.3, -0.25) is 0 Å². The van der Waals surface area contributed by atoms with Crippen molar-refractivity contribution in [1.29, 1.82) is 0 Å². The Morgan fingerprint density at radius 1 is 1.29 bits per heavy atom. The van der Waals surface area contributed by atoms with E-state index in [9.17, 15) is 9.90 Å². The minimum Gasteiger partial charge on any atom is -0.465 e. The number of carboxylic acid groups (broad SMARTS) is 1. The fourth-order valence-corrected chi connectivity index (χ4v) is 5.05. The number of likely N-dealkylation sites (tertiary alicyclic amines) is 1. The molecule has 2 aromatic rings. The van der Waals surface area contributed by atoms with Gasteiger partial charge in [-0.25, -0.2) is 4.79 Å². The van der Waals surface area contributed by atoms with Crippen molar-refractivity contribution in [3.05, 3.63) is 40.6 Å². The highest BCUT2D eigenvalue weighted by Gasteiger charge is 2.47. The van der Waals surface area contributed by atoms with Crippen LogP contribution in [0.2, 0.25) is 0 Å². The molecule has 5 rings (SSSR count). The van der Waals surface area contributed by atoms with Crippen LogP contribution in [0.15, 0.2) is 22.7 Å². The van der Waals surface area contributed by atoms with Gasteiger partial charge >= 0.3 is 6.09 Å². The summed E-state index contributed by atoms with van der Waals surface area (Å²) in [5.41, 5.74) is 5.51. The number of aryl methyl sites for hydroxylation is 2. The van der Waals surface area contributed by atoms with Gasteiger partial charge in [-0.1, -0.05) is 23.4 Å². The molecule has 3 fully saturated rings. The topological polar surface area (TPSA) is 75.8 Å². The van der Waals surface area contributed by atoms with Crippen LogP contribution in [0, 0.1) is 19.8 Å². The summed E-state index contributed by atoms with van der Waals surface area (Å²) in [6.45, 7) is 5.29. The number of ether oxygens (including phenoxy) is 1.